The fourth-order valence-electron chi connectivity index (χ4n) is 3.14. The average Bonchev–Trinajstić information content (AvgIpc) is 3.02. The number of nitrogens with one attached hydrogen (secondary N) is 1. The van der Waals surface area contributed by atoms with Crippen LogP contribution in [0.3, 0.4) is 0 Å². The summed E-state index contributed by atoms with van der Waals surface area (Å²) in [4.78, 5) is 9.51. The van der Waals surface area contributed by atoms with Gasteiger partial charge in [0, 0.05) is 38.6 Å². The number of ether oxygens (including phenoxy) is 1. The van der Waals surface area contributed by atoms with Crippen molar-refractivity contribution >= 4 is 10.0 Å². The molecule has 7 nitrogen and oxygen atoms in total. The van der Waals surface area contributed by atoms with E-state index in [1.807, 2.05) is 7.05 Å². The second-order valence-electron chi connectivity index (χ2n) is 6.10. The lowest BCUT2D eigenvalue weighted by Gasteiger charge is -2.38. The highest BCUT2D eigenvalue weighted by Crippen LogP contribution is 2.24. The second-order valence-corrected chi connectivity index (χ2v) is 8.11. The van der Waals surface area contributed by atoms with Gasteiger partial charge in [-0.1, -0.05) is 0 Å². The number of H-pyrrole nitrogens is 1. The molecule has 0 saturated carbocycles. The van der Waals surface area contributed by atoms with Gasteiger partial charge in [-0.2, -0.15) is 4.31 Å². The number of aromatic amines is 1. The molecule has 0 aliphatic carbocycles. The molecule has 0 unspecified atom stereocenters. The molecule has 1 aromatic rings. The van der Waals surface area contributed by atoms with Crippen LogP contribution in [-0.4, -0.2) is 72.7 Å². The summed E-state index contributed by atoms with van der Waals surface area (Å²) in [7, 11) is -1.29. The molecule has 2 fully saturated rings. The van der Waals surface area contributed by atoms with Gasteiger partial charge in [-0.15, -0.1) is 0 Å². The molecule has 1 aromatic heterocycles. The number of likely N-dealkylation sites (N-methyl/N-ethyl adjacent to an activating group) is 1. The van der Waals surface area contributed by atoms with E-state index in [2.05, 4.69) is 14.9 Å². The zero-order chi connectivity index (χ0) is 15.6. The van der Waals surface area contributed by atoms with Crippen molar-refractivity contribution in [1.82, 2.24) is 19.2 Å². The van der Waals surface area contributed by atoms with Gasteiger partial charge in [0.15, 0.2) is 0 Å². The van der Waals surface area contributed by atoms with Crippen molar-refractivity contribution < 1.29 is 13.2 Å². The zero-order valence-corrected chi connectivity index (χ0v) is 13.8. The van der Waals surface area contributed by atoms with Crippen LogP contribution in [0.25, 0.3) is 0 Å². The van der Waals surface area contributed by atoms with Gasteiger partial charge in [0.05, 0.1) is 17.9 Å². The van der Waals surface area contributed by atoms with Crippen LogP contribution in [-0.2, 0) is 14.8 Å². The molecule has 0 radical (unpaired) electrons. The monoisotopic (exact) mass is 328 g/mol. The van der Waals surface area contributed by atoms with E-state index in [1.54, 1.807) is 16.7 Å². The van der Waals surface area contributed by atoms with Crippen LogP contribution >= 0.6 is 0 Å². The Morgan fingerprint density at radius 2 is 2.27 bits per heavy atom. The van der Waals surface area contributed by atoms with Crippen LogP contribution in [0.5, 0.6) is 0 Å². The molecule has 2 saturated heterocycles. The predicted molar refractivity (Wildman–Crippen MR) is 82.9 cm³/mol. The molecule has 2 aliphatic heterocycles. The maximum Gasteiger partial charge on any atom is 0.216 e. The maximum absolute atomic E-state index is 12.7. The topological polar surface area (TPSA) is 78.5 Å². The Morgan fingerprint density at radius 1 is 1.41 bits per heavy atom. The van der Waals surface area contributed by atoms with Crippen LogP contribution < -0.4 is 0 Å². The number of hydrogen-bond acceptors (Lipinski definition) is 5. The van der Waals surface area contributed by atoms with Gasteiger partial charge in [-0.25, -0.2) is 13.4 Å². The van der Waals surface area contributed by atoms with E-state index in [9.17, 15) is 8.42 Å². The largest absolute Gasteiger partial charge is 0.377 e. The summed E-state index contributed by atoms with van der Waals surface area (Å²) in [5, 5.41) is 0. The van der Waals surface area contributed by atoms with Crippen LogP contribution in [0.4, 0.5) is 0 Å². The molecule has 2 aliphatic rings. The fourth-order valence-corrected chi connectivity index (χ4v) is 4.81. The Morgan fingerprint density at radius 3 is 2.95 bits per heavy atom. The number of aromatic nitrogens is 2. The summed E-state index contributed by atoms with van der Waals surface area (Å²) in [6.07, 6.45) is 6.25. The quantitative estimate of drug-likeness (QED) is 0.875. The SMILES string of the molecule is CN1CCN(S(=O)(=O)C[C@@H]2CCCCO2)C[C@@H]1c1ncc[nH]1. The van der Waals surface area contributed by atoms with Gasteiger partial charge in [-0.05, 0) is 26.3 Å². The summed E-state index contributed by atoms with van der Waals surface area (Å²) >= 11 is 0. The van der Waals surface area contributed by atoms with E-state index in [1.165, 1.54) is 0 Å². The summed E-state index contributed by atoms with van der Waals surface area (Å²) in [6, 6.07) is -0.0224. The Balaban J connectivity index is 1.68. The van der Waals surface area contributed by atoms with Crippen LogP contribution in [0.1, 0.15) is 31.1 Å². The third-order valence-corrected chi connectivity index (χ3v) is 6.42. The number of sulfonamides is 1. The molecule has 8 heteroatoms. The van der Waals surface area contributed by atoms with Gasteiger partial charge in [0.1, 0.15) is 5.82 Å². The first-order valence-electron chi connectivity index (χ1n) is 7.85. The first kappa shape index (κ1) is 15.9. The molecule has 0 aromatic carbocycles. The summed E-state index contributed by atoms with van der Waals surface area (Å²) < 4.78 is 32.5. The van der Waals surface area contributed by atoms with Gasteiger partial charge < -0.3 is 9.72 Å². The van der Waals surface area contributed by atoms with E-state index in [0.717, 1.165) is 25.1 Å². The van der Waals surface area contributed by atoms with Gasteiger partial charge in [-0.3, -0.25) is 4.90 Å². The highest BCUT2D eigenvalue weighted by Gasteiger charge is 2.35. The van der Waals surface area contributed by atoms with Crippen LogP contribution in [0.15, 0.2) is 12.4 Å². The van der Waals surface area contributed by atoms with E-state index in [4.69, 9.17) is 4.74 Å². The standard InChI is InChI=1S/C14H24N4O3S/c1-17-7-8-18(10-13(17)14-15-5-6-16-14)22(19,20)11-12-4-2-3-9-21-12/h5-6,12-13H,2-4,7-11H2,1H3,(H,15,16)/t12-,13+/m0/s1. The number of nitrogens with zero attached hydrogens (tertiary/aromatic N) is 3. The minimum Gasteiger partial charge on any atom is -0.377 e. The van der Waals surface area contributed by atoms with E-state index < -0.39 is 10.0 Å². The first-order valence-corrected chi connectivity index (χ1v) is 9.46. The lowest BCUT2D eigenvalue weighted by Crippen LogP contribution is -2.51. The third kappa shape index (κ3) is 3.51. The van der Waals surface area contributed by atoms with Gasteiger partial charge in [0.2, 0.25) is 10.0 Å². The summed E-state index contributed by atoms with van der Waals surface area (Å²) in [5.41, 5.74) is 0. The molecule has 1 N–H and O–H groups in total. The highest BCUT2D eigenvalue weighted by molar-refractivity contribution is 7.89. The van der Waals surface area contributed by atoms with Crippen molar-refractivity contribution in [2.45, 2.75) is 31.4 Å². The highest BCUT2D eigenvalue weighted by atomic mass is 32.2. The molecule has 22 heavy (non-hydrogen) atoms. The minimum absolute atomic E-state index is 0.0224. The number of imidazole rings is 1. The molecule has 0 spiro atoms. The molecular formula is C14H24N4O3S. The van der Waals surface area contributed by atoms with Crippen molar-refractivity contribution in [3.8, 4) is 0 Å². The van der Waals surface area contributed by atoms with Crippen molar-refractivity contribution in [3.05, 3.63) is 18.2 Å². The predicted octanol–water partition coefficient (Wildman–Crippen LogP) is 0.597. The van der Waals surface area contributed by atoms with Gasteiger partial charge in [0.25, 0.3) is 0 Å². The number of piperazine rings is 1. The lowest BCUT2D eigenvalue weighted by atomic mass is 10.1. The average molecular weight is 328 g/mol. The molecule has 3 heterocycles. The third-order valence-electron chi connectivity index (χ3n) is 4.51. The van der Waals surface area contributed by atoms with Crippen molar-refractivity contribution in [3.63, 3.8) is 0 Å². The normalized spacial score (nSPS) is 28.8. The molecule has 0 bridgehead atoms. The number of hydrogen-bond donors (Lipinski definition) is 1. The lowest BCUT2D eigenvalue weighted by molar-refractivity contribution is 0.0294. The molecule has 0 amide bonds. The van der Waals surface area contributed by atoms with Gasteiger partial charge >= 0.3 is 0 Å². The van der Waals surface area contributed by atoms with Crippen molar-refractivity contribution in [1.29, 1.82) is 0 Å². The summed E-state index contributed by atoms with van der Waals surface area (Å²) in [6.45, 7) is 2.36. The zero-order valence-electron chi connectivity index (χ0n) is 12.9. The Kier molecular flexibility index (Phi) is 4.82. The van der Waals surface area contributed by atoms with Crippen LogP contribution in [0.2, 0.25) is 0 Å². The van der Waals surface area contributed by atoms with E-state index in [-0.39, 0.29) is 17.9 Å². The molecule has 2 atom stereocenters. The Hall–Kier alpha value is -0.960. The fraction of sp³-hybridized carbons (Fsp3) is 0.786. The van der Waals surface area contributed by atoms with Crippen molar-refractivity contribution in [2.75, 3.05) is 39.0 Å². The molecule has 3 rings (SSSR count). The smallest absolute Gasteiger partial charge is 0.216 e. The van der Waals surface area contributed by atoms with E-state index >= 15 is 0 Å². The second kappa shape index (κ2) is 6.66. The summed E-state index contributed by atoms with van der Waals surface area (Å²) in [5.74, 6) is 0.915. The molecule has 124 valence electrons. The maximum atomic E-state index is 12.7. The minimum atomic E-state index is -3.29. The van der Waals surface area contributed by atoms with E-state index in [0.29, 0.717) is 26.2 Å². The van der Waals surface area contributed by atoms with Crippen LogP contribution in [0, 0.1) is 0 Å². The number of rotatable bonds is 4. The Bertz CT molecular complexity index is 569. The first-order chi connectivity index (χ1) is 10.6. The Labute approximate surface area is 131 Å². The molecular weight excluding hydrogens is 304 g/mol. The van der Waals surface area contributed by atoms with Crippen molar-refractivity contribution in [2.24, 2.45) is 0 Å².